The third-order valence-electron chi connectivity index (χ3n) is 12.9. The average molecular weight is 573 g/mol. The molecule has 2 N–H and O–H groups in total. The predicted octanol–water partition coefficient (Wildman–Crippen LogP) is 9.85. The molecule has 4 aliphatic rings. The summed E-state index contributed by atoms with van der Waals surface area (Å²) in [5, 5.41) is 4.26. The van der Waals surface area contributed by atoms with Gasteiger partial charge in [-0.15, -0.1) is 0 Å². The standard InChI is InChI=1S/C38H56N2O2/c1-25(2)9-8-10-26(3)32-15-16-33-31-14-13-28-23-29(17-20-37(28,4)34(31)18-21-38(32,33)5)42-36(41)39-22-19-27-24-40-35-12-7-6-11-30(27)35/h6-7,11-13,24-26,29,31-34,40H,8-10,14-23H2,1-5H3,(H,39,41)/t26-,29+,31+,32-,33+,34+,37+,38-/m1/s1. The normalized spacial score (nSPS) is 34.8. The largest absolute Gasteiger partial charge is 0.446 e. The molecular formula is C38H56N2O2. The Kier molecular flexibility index (Phi) is 8.55. The van der Waals surface area contributed by atoms with E-state index in [1.807, 2.05) is 6.07 Å². The van der Waals surface area contributed by atoms with E-state index in [0.717, 1.165) is 66.7 Å². The Morgan fingerprint density at radius 3 is 2.71 bits per heavy atom. The van der Waals surface area contributed by atoms with Crippen LogP contribution in [-0.2, 0) is 11.2 Å². The van der Waals surface area contributed by atoms with Gasteiger partial charge in [0.1, 0.15) is 6.10 Å². The van der Waals surface area contributed by atoms with E-state index in [9.17, 15) is 4.79 Å². The summed E-state index contributed by atoms with van der Waals surface area (Å²) in [7, 11) is 0. The van der Waals surface area contributed by atoms with Gasteiger partial charge in [0.2, 0.25) is 0 Å². The molecule has 6 rings (SSSR count). The van der Waals surface area contributed by atoms with E-state index >= 15 is 0 Å². The van der Waals surface area contributed by atoms with Gasteiger partial charge >= 0.3 is 6.09 Å². The highest BCUT2D eigenvalue weighted by molar-refractivity contribution is 5.83. The van der Waals surface area contributed by atoms with E-state index in [0.29, 0.717) is 12.0 Å². The van der Waals surface area contributed by atoms with E-state index in [-0.39, 0.29) is 17.6 Å². The lowest BCUT2D eigenvalue weighted by Crippen LogP contribution is -2.51. The summed E-state index contributed by atoms with van der Waals surface area (Å²) >= 11 is 0. The van der Waals surface area contributed by atoms with Crippen LogP contribution in [0.25, 0.3) is 10.9 Å². The van der Waals surface area contributed by atoms with E-state index in [2.05, 4.69) is 75.4 Å². The number of aromatic amines is 1. The number of alkyl carbamates (subject to hydrolysis) is 1. The first-order valence-corrected chi connectivity index (χ1v) is 17.4. The van der Waals surface area contributed by atoms with Crippen molar-refractivity contribution in [3.05, 3.63) is 47.7 Å². The quantitative estimate of drug-likeness (QED) is 0.294. The van der Waals surface area contributed by atoms with Crippen LogP contribution in [0, 0.1) is 46.3 Å². The lowest BCUT2D eigenvalue weighted by molar-refractivity contribution is -0.0581. The smallest absolute Gasteiger partial charge is 0.407 e. The van der Waals surface area contributed by atoms with Crippen molar-refractivity contribution in [3.63, 3.8) is 0 Å². The highest BCUT2D eigenvalue weighted by Gasteiger charge is 2.59. The van der Waals surface area contributed by atoms with E-state index in [4.69, 9.17) is 4.74 Å². The van der Waals surface area contributed by atoms with Gasteiger partial charge in [-0.3, -0.25) is 0 Å². The Morgan fingerprint density at radius 2 is 1.88 bits per heavy atom. The lowest BCUT2D eigenvalue weighted by atomic mass is 9.47. The maximum Gasteiger partial charge on any atom is 0.407 e. The van der Waals surface area contributed by atoms with Crippen molar-refractivity contribution in [2.45, 2.75) is 118 Å². The Labute approximate surface area is 254 Å². The molecule has 1 aromatic carbocycles. The Morgan fingerprint density at radius 1 is 1.05 bits per heavy atom. The number of ether oxygens (including phenoxy) is 1. The van der Waals surface area contributed by atoms with Crippen molar-refractivity contribution in [1.82, 2.24) is 10.3 Å². The van der Waals surface area contributed by atoms with Crippen LogP contribution in [0.2, 0.25) is 0 Å². The number of amides is 1. The van der Waals surface area contributed by atoms with Crippen molar-refractivity contribution in [3.8, 4) is 0 Å². The molecule has 0 unspecified atom stereocenters. The first kappa shape index (κ1) is 29.8. The van der Waals surface area contributed by atoms with Gasteiger partial charge in [-0.25, -0.2) is 4.79 Å². The fourth-order valence-corrected chi connectivity index (χ4v) is 10.6. The summed E-state index contributed by atoms with van der Waals surface area (Å²) in [6.07, 6.45) is 19.4. The van der Waals surface area contributed by atoms with Crippen molar-refractivity contribution in [1.29, 1.82) is 0 Å². The molecule has 3 fully saturated rings. The first-order chi connectivity index (χ1) is 20.2. The second-order valence-corrected chi connectivity index (χ2v) is 15.6. The summed E-state index contributed by atoms with van der Waals surface area (Å²) < 4.78 is 6.00. The minimum absolute atomic E-state index is 0.00497. The van der Waals surface area contributed by atoms with Crippen LogP contribution in [0.3, 0.4) is 0 Å². The van der Waals surface area contributed by atoms with Crippen molar-refractivity contribution < 1.29 is 9.53 Å². The van der Waals surface area contributed by atoms with E-state index in [1.165, 1.54) is 62.3 Å². The molecule has 4 heteroatoms. The number of benzene rings is 1. The molecule has 1 heterocycles. The summed E-state index contributed by atoms with van der Waals surface area (Å²) in [5.74, 6) is 5.14. The number of nitrogens with one attached hydrogen (secondary N) is 2. The minimum atomic E-state index is -0.259. The third kappa shape index (κ3) is 5.57. The zero-order chi connectivity index (χ0) is 29.5. The molecule has 4 aliphatic carbocycles. The topological polar surface area (TPSA) is 54.1 Å². The Hall–Kier alpha value is -2.23. The molecule has 0 aliphatic heterocycles. The predicted molar refractivity (Wildman–Crippen MR) is 173 cm³/mol. The van der Waals surface area contributed by atoms with Gasteiger partial charge in [-0.05, 0) is 109 Å². The minimum Gasteiger partial charge on any atom is -0.446 e. The fraction of sp³-hybridized carbons (Fsp3) is 0.711. The number of fused-ring (bicyclic) bond motifs is 6. The van der Waals surface area contributed by atoms with Gasteiger partial charge in [0.05, 0.1) is 0 Å². The maximum absolute atomic E-state index is 12.8. The summed E-state index contributed by atoms with van der Waals surface area (Å²) in [5.41, 5.74) is 4.79. The fourth-order valence-electron chi connectivity index (χ4n) is 10.6. The second kappa shape index (κ2) is 12.0. The van der Waals surface area contributed by atoms with Crippen LogP contribution in [0.4, 0.5) is 4.79 Å². The number of H-pyrrole nitrogens is 1. The molecule has 4 nitrogen and oxygen atoms in total. The molecule has 1 aromatic heterocycles. The number of aromatic nitrogens is 1. The van der Waals surface area contributed by atoms with Crippen LogP contribution >= 0.6 is 0 Å². The molecule has 42 heavy (non-hydrogen) atoms. The molecule has 0 bridgehead atoms. The number of allylic oxidation sites excluding steroid dienone is 1. The molecule has 3 saturated carbocycles. The van der Waals surface area contributed by atoms with Crippen LogP contribution in [-0.4, -0.2) is 23.7 Å². The van der Waals surface area contributed by atoms with Gasteiger partial charge in [-0.1, -0.05) is 83.7 Å². The van der Waals surface area contributed by atoms with Gasteiger partial charge < -0.3 is 15.0 Å². The summed E-state index contributed by atoms with van der Waals surface area (Å²) in [6.45, 7) is 13.2. The number of rotatable bonds is 9. The highest BCUT2D eigenvalue weighted by Crippen LogP contribution is 2.67. The van der Waals surface area contributed by atoms with Crippen molar-refractivity contribution in [2.24, 2.45) is 46.3 Å². The van der Waals surface area contributed by atoms with Crippen molar-refractivity contribution >= 4 is 17.0 Å². The molecule has 1 amide bonds. The third-order valence-corrected chi connectivity index (χ3v) is 12.9. The SMILES string of the molecule is CC(C)CCC[C@@H](C)[C@H]1CC[C@H]2[C@@H]3CC=C4C[C@@H](OC(=O)NCCc5c[nH]c6ccccc56)CC[C@]4(C)[C@H]3CC[C@]12C. The van der Waals surface area contributed by atoms with E-state index < -0.39 is 0 Å². The Balaban J connectivity index is 1.03. The highest BCUT2D eigenvalue weighted by atomic mass is 16.6. The summed E-state index contributed by atoms with van der Waals surface area (Å²) in [4.78, 5) is 16.1. The van der Waals surface area contributed by atoms with Crippen LogP contribution in [0.15, 0.2) is 42.1 Å². The van der Waals surface area contributed by atoms with Gasteiger partial charge in [0, 0.05) is 30.1 Å². The molecular weight excluding hydrogens is 516 g/mol. The van der Waals surface area contributed by atoms with Gasteiger partial charge in [0.25, 0.3) is 0 Å². The van der Waals surface area contributed by atoms with Crippen molar-refractivity contribution in [2.75, 3.05) is 6.54 Å². The summed E-state index contributed by atoms with van der Waals surface area (Å²) in [6, 6.07) is 8.33. The number of carbonyl (C=O) groups excluding carboxylic acids is 1. The first-order valence-electron chi connectivity index (χ1n) is 17.4. The van der Waals surface area contributed by atoms with Crippen LogP contribution < -0.4 is 5.32 Å². The number of carbonyl (C=O) groups is 1. The number of para-hydroxylation sites is 1. The van der Waals surface area contributed by atoms with Gasteiger partial charge in [-0.2, -0.15) is 0 Å². The molecule has 0 radical (unpaired) electrons. The zero-order valence-corrected chi connectivity index (χ0v) is 27.0. The van der Waals surface area contributed by atoms with Crippen LogP contribution in [0.5, 0.6) is 0 Å². The molecule has 0 spiro atoms. The average Bonchev–Trinajstić information content (AvgIpc) is 3.54. The zero-order valence-electron chi connectivity index (χ0n) is 27.0. The lowest BCUT2D eigenvalue weighted by Gasteiger charge is -2.58. The number of hydrogen-bond donors (Lipinski definition) is 2. The maximum atomic E-state index is 12.8. The van der Waals surface area contributed by atoms with E-state index in [1.54, 1.807) is 5.57 Å². The molecule has 0 saturated heterocycles. The molecule has 230 valence electrons. The second-order valence-electron chi connectivity index (χ2n) is 15.6. The number of hydrogen-bond acceptors (Lipinski definition) is 2. The van der Waals surface area contributed by atoms with Crippen LogP contribution in [0.1, 0.15) is 111 Å². The molecule has 8 atom stereocenters. The molecule has 2 aromatic rings. The monoisotopic (exact) mass is 572 g/mol. The van der Waals surface area contributed by atoms with Gasteiger partial charge in [0.15, 0.2) is 0 Å². The Bertz CT molecular complexity index is 1280.